The van der Waals surface area contributed by atoms with E-state index in [1.807, 2.05) is 19.9 Å². The molecule has 0 aliphatic heterocycles. The average molecular weight is 366 g/mol. The lowest BCUT2D eigenvalue weighted by molar-refractivity contribution is -0.116. The fourth-order valence-electron chi connectivity index (χ4n) is 2.71. The molecule has 27 heavy (non-hydrogen) atoms. The maximum atomic E-state index is 12.4. The van der Waals surface area contributed by atoms with Crippen molar-refractivity contribution in [1.29, 1.82) is 0 Å². The first-order valence-corrected chi connectivity index (χ1v) is 8.78. The molecule has 0 saturated carbocycles. The zero-order valence-corrected chi connectivity index (χ0v) is 15.3. The molecule has 0 atom stereocenters. The predicted octanol–water partition coefficient (Wildman–Crippen LogP) is 2.69. The van der Waals surface area contributed by atoms with Crippen molar-refractivity contribution >= 4 is 23.2 Å². The van der Waals surface area contributed by atoms with E-state index in [-0.39, 0.29) is 11.8 Å². The number of amides is 2. The van der Waals surface area contributed by atoms with Crippen molar-refractivity contribution in [3.63, 3.8) is 0 Å². The van der Waals surface area contributed by atoms with Gasteiger partial charge in [0.15, 0.2) is 0 Å². The fraction of sp³-hybridized carbons (Fsp3) is 0.263. The lowest BCUT2D eigenvalue weighted by atomic mass is 10.2. The molecule has 0 spiro atoms. The summed E-state index contributed by atoms with van der Waals surface area (Å²) in [6.07, 6.45) is 3.62. The SMILES string of the molecule is CCn1nccc1C(=O)Nc1cccc(NC(=O)CCn2nccc2C)c1. The average Bonchev–Trinajstić information content (AvgIpc) is 3.28. The van der Waals surface area contributed by atoms with Crippen LogP contribution in [0.25, 0.3) is 0 Å². The van der Waals surface area contributed by atoms with E-state index in [1.54, 1.807) is 52.1 Å². The van der Waals surface area contributed by atoms with E-state index in [9.17, 15) is 9.59 Å². The third-order valence-corrected chi connectivity index (χ3v) is 4.13. The predicted molar refractivity (Wildman–Crippen MR) is 103 cm³/mol. The molecule has 8 nitrogen and oxygen atoms in total. The largest absolute Gasteiger partial charge is 0.326 e. The molecule has 0 aliphatic carbocycles. The van der Waals surface area contributed by atoms with Gasteiger partial charge in [0.1, 0.15) is 5.69 Å². The number of carbonyl (C=O) groups excluding carboxylic acids is 2. The van der Waals surface area contributed by atoms with Gasteiger partial charge in [0.05, 0.1) is 0 Å². The Kier molecular flexibility index (Phi) is 5.65. The number of hydrogen-bond acceptors (Lipinski definition) is 4. The summed E-state index contributed by atoms with van der Waals surface area (Å²) in [5.74, 6) is -0.357. The van der Waals surface area contributed by atoms with Crippen LogP contribution in [0.15, 0.2) is 48.8 Å². The monoisotopic (exact) mass is 366 g/mol. The first kappa shape index (κ1) is 18.4. The van der Waals surface area contributed by atoms with E-state index in [0.29, 0.717) is 36.6 Å². The Morgan fingerprint density at radius 3 is 2.41 bits per heavy atom. The Morgan fingerprint density at radius 2 is 1.70 bits per heavy atom. The number of aryl methyl sites for hydroxylation is 3. The molecule has 140 valence electrons. The number of nitrogens with zero attached hydrogens (tertiary/aromatic N) is 4. The first-order valence-electron chi connectivity index (χ1n) is 8.78. The van der Waals surface area contributed by atoms with Gasteiger partial charge in [-0.3, -0.25) is 19.0 Å². The van der Waals surface area contributed by atoms with Crippen LogP contribution in [0.4, 0.5) is 11.4 Å². The van der Waals surface area contributed by atoms with Gasteiger partial charge in [0, 0.05) is 49.0 Å². The maximum absolute atomic E-state index is 12.4. The van der Waals surface area contributed by atoms with Gasteiger partial charge in [-0.05, 0) is 44.2 Å². The highest BCUT2D eigenvalue weighted by molar-refractivity contribution is 6.03. The van der Waals surface area contributed by atoms with Crippen LogP contribution in [-0.4, -0.2) is 31.4 Å². The van der Waals surface area contributed by atoms with Gasteiger partial charge in [-0.2, -0.15) is 10.2 Å². The van der Waals surface area contributed by atoms with Gasteiger partial charge in [0.2, 0.25) is 5.91 Å². The Labute approximate surface area is 157 Å². The highest BCUT2D eigenvalue weighted by Gasteiger charge is 2.12. The Morgan fingerprint density at radius 1 is 1.00 bits per heavy atom. The molecule has 8 heteroatoms. The Bertz CT molecular complexity index is 943. The van der Waals surface area contributed by atoms with E-state index < -0.39 is 0 Å². The molecule has 0 saturated heterocycles. The number of aromatic nitrogens is 4. The fourth-order valence-corrected chi connectivity index (χ4v) is 2.71. The van der Waals surface area contributed by atoms with E-state index in [0.717, 1.165) is 5.69 Å². The van der Waals surface area contributed by atoms with Crippen molar-refractivity contribution in [1.82, 2.24) is 19.6 Å². The quantitative estimate of drug-likeness (QED) is 0.672. The van der Waals surface area contributed by atoms with Crippen LogP contribution in [0.2, 0.25) is 0 Å². The first-order chi connectivity index (χ1) is 13.1. The Balaban J connectivity index is 1.59. The van der Waals surface area contributed by atoms with Gasteiger partial charge in [-0.15, -0.1) is 0 Å². The summed E-state index contributed by atoms with van der Waals surface area (Å²) in [4.78, 5) is 24.6. The molecular weight excluding hydrogens is 344 g/mol. The second-order valence-electron chi connectivity index (χ2n) is 6.06. The van der Waals surface area contributed by atoms with Crippen molar-refractivity contribution in [2.24, 2.45) is 0 Å². The standard InChI is InChI=1S/C19H22N6O2/c1-3-24-17(8-11-20-24)19(27)23-16-6-4-5-15(13-16)22-18(26)9-12-25-14(2)7-10-21-25/h4-8,10-11,13H,3,9,12H2,1-2H3,(H,22,26)(H,23,27). The van der Waals surface area contributed by atoms with Crippen molar-refractivity contribution in [2.75, 3.05) is 10.6 Å². The highest BCUT2D eigenvalue weighted by Crippen LogP contribution is 2.16. The summed E-state index contributed by atoms with van der Waals surface area (Å²) in [7, 11) is 0. The molecule has 0 bridgehead atoms. The summed E-state index contributed by atoms with van der Waals surface area (Å²) in [6, 6.07) is 10.6. The molecule has 0 fully saturated rings. The minimum absolute atomic E-state index is 0.113. The molecule has 0 radical (unpaired) electrons. The summed E-state index contributed by atoms with van der Waals surface area (Å²) in [5.41, 5.74) is 2.73. The molecule has 3 rings (SSSR count). The number of benzene rings is 1. The molecule has 3 aromatic rings. The number of anilines is 2. The molecule has 0 unspecified atom stereocenters. The second-order valence-corrected chi connectivity index (χ2v) is 6.06. The van der Waals surface area contributed by atoms with Crippen LogP contribution in [0.1, 0.15) is 29.5 Å². The summed E-state index contributed by atoms with van der Waals surface area (Å²) in [5, 5.41) is 13.9. The van der Waals surface area contributed by atoms with Crippen molar-refractivity contribution in [2.45, 2.75) is 33.4 Å². The number of nitrogens with one attached hydrogen (secondary N) is 2. The van der Waals surface area contributed by atoms with E-state index in [4.69, 9.17) is 0 Å². The second kappa shape index (κ2) is 8.31. The summed E-state index contributed by atoms with van der Waals surface area (Å²) < 4.78 is 3.41. The van der Waals surface area contributed by atoms with Gasteiger partial charge in [0.25, 0.3) is 5.91 Å². The number of carbonyl (C=O) groups is 2. The third kappa shape index (κ3) is 4.60. The summed E-state index contributed by atoms with van der Waals surface area (Å²) >= 11 is 0. The normalized spacial score (nSPS) is 10.6. The van der Waals surface area contributed by atoms with E-state index in [1.165, 1.54) is 0 Å². The number of hydrogen-bond donors (Lipinski definition) is 2. The highest BCUT2D eigenvalue weighted by atomic mass is 16.2. The Hall–Kier alpha value is -3.42. The minimum atomic E-state index is -0.244. The van der Waals surface area contributed by atoms with Crippen molar-refractivity contribution in [3.05, 3.63) is 60.2 Å². The zero-order chi connectivity index (χ0) is 19.2. The summed E-state index contributed by atoms with van der Waals surface area (Å²) in [6.45, 7) is 5.00. The van der Waals surface area contributed by atoms with Crippen LogP contribution in [0, 0.1) is 6.92 Å². The lowest BCUT2D eigenvalue weighted by Gasteiger charge is -2.10. The maximum Gasteiger partial charge on any atom is 0.273 e. The van der Waals surface area contributed by atoms with Crippen LogP contribution < -0.4 is 10.6 Å². The lowest BCUT2D eigenvalue weighted by Crippen LogP contribution is -2.18. The molecule has 0 aliphatic rings. The molecule has 2 N–H and O–H groups in total. The van der Waals surface area contributed by atoms with Crippen LogP contribution in [0.5, 0.6) is 0 Å². The van der Waals surface area contributed by atoms with Gasteiger partial charge in [-0.1, -0.05) is 6.07 Å². The van der Waals surface area contributed by atoms with E-state index in [2.05, 4.69) is 20.8 Å². The van der Waals surface area contributed by atoms with Gasteiger partial charge >= 0.3 is 0 Å². The molecule has 1 aromatic carbocycles. The van der Waals surface area contributed by atoms with Crippen LogP contribution >= 0.6 is 0 Å². The zero-order valence-electron chi connectivity index (χ0n) is 15.3. The topological polar surface area (TPSA) is 93.8 Å². The number of rotatable bonds is 7. The van der Waals surface area contributed by atoms with Gasteiger partial charge < -0.3 is 10.6 Å². The molecule has 2 aromatic heterocycles. The minimum Gasteiger partial charge on any atom is -0.326 e. The van der Waals surface area contributed by atoms with Crippen LogP contribution in [0.3, 0.4) is 0 Å². The van der Waals surface area contributed by atoms with Crippen molar-refractivity contribution in [3.8, 4) is 0 Å². The van der Waals surface area contributed by atoms with Crippen molar-refractivity contribution < 1.29 is 9.59 Å². The molecular formula is C19H22N6O2. The molecule has 2 heterocycles. The van der Waals surface area contributed by atoms with E-state index >= 15 is 0 Å². The van der Waals surface area contributed by atoms with Crippen LogP contribution in [-0.2, 0) is 17.9 Å². The van der Waals surface area contributed by atoms with Gasteiger partial charge in [-0.25, -0.2) is 0 Å². The third-order valence-electron chi connectivity index (χ3n) is 4.13. The smallest absolute Gasteiger partial charge is 0.273 e. The molecule has 2 amide bonds.